The molecule has 0 radical (unpaired) electrons. The number of benzene rings is 2. The lowest BCUT2D eigenvalue weighted by Gasteiger charge is -1.92. The lowest BCUT2D eigenvalue weighted by molar-refractivity contribution is 0.475. The van der Waals surface area contributed by atoms with E-state index in [1.165, 1.54) is 5.56 Å². The van der Waals surface area contributed by atoms with Crippen LogP contribution in [0, 0.1) is 6.92 Å². The van der Waals surface area contributed by atoms with Gasteiger partial charge in [0.05, 0.1) is 0 Å². The molecule has 0 atom stereocenters. The maximum absolute atomic E-state index is 8.76. The Labute approximate surface area is 101 Å². The van der Waals surface area contributed by atoms with Crippen molar-refractivity contribution in [1.29, 1.82) is 0 Å². The standard InChI is InChI=1S/C7H8O.C6H7NS/c1-6-2-4-7(8)5-3-6;7-5-3-1-2-4-6(5)8/h2-5,8H,1H3;1-4,8H,7H2. The second kappa shape index (κ2) is 6.08. The lowest BCUT2D eigenvalue weighted by atomic mass is 10.2. The number of aromatic hydroxyl groups is 1. The summed E-state index contributed by atoms with van der Waals surface area (Å²) in [5.41, 5.74) is 7.34. The molecule has 0 bridgehead atoms. The Balaban J connectivity index is 0.000000160. The molecule has 2 aromatic carbocycles. The molecular formula is C13H15NOS. The van der Waals surface area contributed by atoms with Crippen LogP contribution in [0.2, 0.25) is 0 Å². The first kappa shape index (κ1) is 12.5. The first-order valence-electron chi connectivity index (χ1n) is 4.88. The molecule has 2 aromatic rings. The number of phenols is 1. The number of phenolic OH excluding ortho intramolecular Hbond substituents is 1. The maximum Gasteiger partial charge on any atom is 0.115 e. The third-order valence-corrected chi connectivity index (χ3v) is 2.38. The van der Waals surface area contributed by atoms with Crippen LogP contribution in [0.15, 0.2) is 53.4 Å². The Bertz CT molecular complexity index is 398. The summed E-state index contributed by atoms with van der Waals surface area (Å²) in [7, 11) is 0. The molecule has 0 aliphatic heterocycles. The Morgan fingerprint density at radius 2 is 1.56 bits per heavy atom. The molecule has 0 aliphatic rings. The Kier molecular flexibility index (Phi) is 4.73. The van der Waals surface area contributed by atoms with E-state index >= 15 is 0 Å². The van der Waals surface area contributed by atoms with Crippen molar-refractivity contribution in [3.8, 4) is 5.75 Å². The van der Waals surface area contributed by atoms with Gasteiger partial charge in [-0.3, -0.25) is 0 Å². The minimum Gasteiger partial charge on any atom is -0.508 e. The highest BCUT2D eigenvalue weighted by atomic mass is 32.1. The molecule has 3 N–H and O–H groups in total. The largest absolute Gasteiger partial charge is 0.508 e. The summed E-state index contributed by atoms with van der Waals surface area (Å²) in [4.78, 5) is 0.840. The minimum absolute atomic E-state index is 0.329. The zero-order valence-electron chi connectivity index (χ0n) is 9.09. The molecule has 2 nitrogen and oxygen atoms in total. The van der Waals surface area contributed by atoms with E-state index in [0.29, 0.717) is 5.75 Å². The van der Waals surface area contributed by atoms with Crippen LogP contribution in [0.5, 0.6) is 5.75 Å². The number of hydrogen-bond donors (Lipinski definition) is 3. The predicted octanol–water partition coefficient (Wildman–Crippen LogP) is 3.26. The van der Waals surface area contributed by atoms with Gasteiger partial charge in [-0.1, -0.05) is 29.8 Å². The van der Waals surface area contributed by atoms with Crippen LogP contribution in [0.25, 0.3) is 0 Å². The average Bonchev–Trinajstić information content (AvgIpc) is 2.28. The molecule has 0 fully saturated rings. The zero-order valence-corrected chi connectivity index (χ0v) is 9.99. The van der Waals surface area contributed by atoms with Gasteiger partial charge in [-0.15, -0.1) is 12.6 Å². The van der Waals surface area contributed by atoms with Crippen LogP contribution in [-0.4, -0.2) is 5.11 Å². The number of nitrogens with two attached hydrogens (primary N) is 1. The van der Waals surface area contributed by atoms with Gasteiger partial charge in [0.15, 0.2) is 0 Å². The van der Waals surface area contributed by atoms with Crippen molar-refractivity contribution in [2.24, 2.45) is 0 Å². The van der Waals surface area contributed by atoms with Crippen molar-refractivity contribution in [1.82, 2.24) is 0 Å². The van der Waals surface area contributed by atoms with Gasteiger partial charge in [-0.25, -0.2) is 0 Å². The normalized spacial score (nSPS) is 9.12. The van der Waals surface area contributed by atoms with Crippen molar-refractivity contribution in [3.05, 3.63) is 54.1 Å². The highest BCUT2D eigenvalue weighted by molar-refractivity contribution is 7.80. The third-order valence-electron chi connectivity index (χ3n) is 1.97. The zero-order chi connectivity index (χ0) is 12.0. The molecule has 2 rings (SSSR count). The SMILES string of the molecule is Cc1ccc(O)cc1.Nc1ccccc1S. The van der Waals surface area contributed by atoms with Crippen molar-refractivity contribution in [3.63, 3.8) is 0 Å². The molecule has 0 unspecified atom stereocenters. The highest BCUT2D eigenvalue weighted by Crippen LogP contribution is 2.13. The van der Waals surface area contributed by atoms with Gasteiger partial charge in [0.1, 0.15) is 5.75 Å². The number of hydrogen-bond acceptors (Lipinski definition) is 3. The first-order chi connectivity index (χ1) is 7.59. The van der Waals surface area contributed by atoms with Gasteiger partial charge in [0.2, 0.25) is 0 Å². The van der Waals surface area contributed by atoms with Gasteiger partial charge in [0, 0.05) is 10.6 Å². The molecule has 0 saturated carbocycles. The summed E-state index contributed by atoms with van der Waals surface area (Å²) in [5, 5.41) is 8.76. The van der Waals surface area contributed by atoms with Gasteiger partial charge in [0.25, 0.3) is 0 Å². The van der Waals surface area contributed by atoms with Crippen molar-refractivity contribution in [2.75, 3.05) is 5.73 Å². The summed E-state index contributed by atoms with van der Waals surface area (Å²) in [6, 6.07) is 14.6. The van der Waals surface area contributed by atoms with Gasteiger partial charge in [-0.2, -0.15) is 0 Å². The quantitative estimate of drug-likeness (QED) is 0.483. The number of nitrogen functional groups attached to an aromatic ring is 1. The van der Waals surface area contributed by atoms with E-state index in [4.69, 9.17) is 10.8 Å². The van der Waals surface area contributed by atoms with Gasteiger partial charge < -0.3 is 10.8 Å². The fourth-order valence-corrected chi connectivity index (χ4v) is 1.19. The Hall–Kier alpha value is -1.61. The van der Waals surface area contributed by atoms with Crippen molar-refractivity contribution < 1.29 is 5.11 Å². The number of thiol groups is 1. The van der Waals surface area contributed by atoms with E-state index < -0.39 is 0 Å². The highest BCUT2D eigenvalue weighted by Gasteiger charge is 1.85. The Morgan fingerprint density at radius 3 is 1.94 bits per heavy atom. The van der Waals surface area contributed by atoms with Crippen LogP contribution in [0.4, 0.5) is 5.69 Å². The number of aryl methyl sites for hydroxylation is 1. The Morgan fingerprint density at radius 1 is 1.00 bits per heavy atom. The van der Waals surface area contributed by atoms with E-state index in [9.17, 15) is 0 Å². The number of para-hydroxylation sites is 1. The van der Waals surface area contributed by atoms with Crippen molar-refractivity contribution in [2.45, 2.75) is 11.8 Å². The average molecular weight is 233 g/mol. The third kappa shape index (κ3) is 4.28. The van der Waals surface area contributed by atoms with Gasteiger partial charge >= 0.3 is 0 Å². The number of anilines is 1. The second-order valence-electron chi connectivity index (χ2n) is 3.39. The summed E-state index contributed by atoms with van der Waals surface area (Å²) in [6.45, 7) is 1.99. The van der Waals surface area contributed by atoms with E-state index in [0.717, 1.165) is 10.6 Å². The molecule has 0 heterocycles. The summed E-state index contributed by atoms with van der Waals surface area (Å²) in [6.07, 6.45) is 0. The van der Waals surface area contributed by atoms with E-state index in [1.807, 2.05) is 43.3 Å². The maximum atomic E-state index is 8.76. The van der Waals surface area contributed by atoms with Gasteiger partial charge in [-0.05, 0) is 31.2 Å². The molecule has 3 heteroatoms. The molecule has 16 heavy (non-hydrogen) atoms. The first-order valence-corrected chi connectivity index (χ1v) is 5.33. The summed E-state index contributed by atoms with van der Waals surface area (Å²) < 4.78 is 0. The second-order valence-corrected chi connectivity index (χ2v) is 3.88. The van der Waals surface area contributed by atoms with Crippen LogP contribution in [-0.2, 0) is 0 Å². The van der Waals surface area contributed by atoms with Crippen LogP contribution in [0.1, 0.15) is 5.56 Å². The van der Waals surface area contributed by atoms with Crippen LogP contribution < -0.4 is 5.73 Å². The smallest absolute Gasteiger partial charge is 0.115 e. The fourth-order valence-electron chi connectivity index (χ4n) is 1.03. The molecule has 0 aromatic heterocycles. The topological polar surface area (TPSA) is 46.2 Å². The molecule has 84 valence electrons. The fraction of sp³-hybridized carbons (Fsp3) is 0.0769. The molecule has 0 amide bonds. The molecule has 0 spiro atoms. The van der Waals surface area contributed by atoms with Crippen molar-refractivity contribution >= 4 is 18.3 Å². The summed E-state index contributed by atoms with van der Waals surface area (Å²) in [5.74, 6) is 0.329. The lowest BCUT2D eigenvalue weighted by Crippen LogP contribution is -1.83. The van der Waals surface area contributed by atoms with E-state index in [1.54, 1.807) is 12.1 Å². The van der Waals surface area contributed by atoms with Crippen LogP contribution >= 0.6 is 12.6 Å². The number of rotatable bonds is 0. The monoisotopic (exact) mass is 233 g/mol. The van der Waals surface area contributed by atoms with Crippen LogP contribution in [0.3, 0.4) is 0 Å². The predicted molar refractivity (Wildman–Crippen MR) is 71.0 cm³/mol. The molecular weight excluding hydrogens is 218 g/mol. The molecule has 0 aliphatic carbocycles. The minimum atomic E-state index is 0.329. The van der Waals surface area contributed by atoms with E-state index in [-0.39, 0.29) is 0 Å². The summed E-state index contributed by atoms with van der Waals surface area (Å²) >= 11 is 4.07. The van der Waals surface area contributed by atoms with E-state index in [2.05, 4.69) is 12.6 Å². The molecule has 0 saturated heterocycles.